The first-order valence-corrected chi connectivity index (χ1v) is 7.09. The van der Waals surface area contributed by atoms with Crippen molar-refractivity contribution < 1.29 is 14.3 Å². The molecule has 1 heterocycles. The standard InChI is InChI=1S/C14H18ClN3O3/c1-21-14(20)10-6-9(16)7-11(15)13(10)17-8-12(19)18-4-2-3-5-18/h6-7,17H,2-5,8,16H2,1H3. The van der Waals surface area contributed by atoms with Crippen LogP contribution in [0.5, 0.6) is 0 Å². The number of hydrogen-bond acceptors (Lipinski definition) is 5. The molecular weight excluding hydrogens is 294 g/mol. The normalized spacial score (nSPS) is 14.1. The lowest BCUT2D eigenvalue weighted by Crippen LogP contribution is -2.33. The Hall–Kier alpha value is -1.95. The number of benzene rings is 1. The van der Waals surface area contributed by atoms with E-state index in [-0.39, 0.29) is 23.0 Å². The van der Waals surface area contributed by atoms with E-state index in [9.17, 15) is 9.59 Å². The Morgan fingerprint density at radius 1 is 1.38 bits per heavy atom. The van der Waals surface area contributed by atoms with Gasteiger partial charge >= 0.3 is 5.97 Å². The second-order valence-electron chi connectivity index (χ2n) is 4.86. The molecule has 1 aliphatic heterocycles. The number of carbonyl (C=O) groups excluding carboxylic acids is 2. The SMILES string of the molecule is COC(=O)c1cc(N)cc(Cl)c1NCC(=O)N1CCCC1. The van der Waals surface area contributed by atoms with Crippen LogP contribution in [0.25, 0.3) is 0 Å². The van der Waals surface area contributed by atoms with Crippen molar-refractivity contribution in [3.8, 4) is 0 Å². The Bertz CT molecular complexity index is 557. The molecular formula is C14H18ClN3O3. The molecule has 7 heteroatoms. The van der Waals surface area contributed by atoms with E-state index in [2.05, 4.69) is 5.32 Å². The van der Waals surface area contributed by atoms with Crippen molar-refractivity contribution in [3.63, 3.8) is 0 Å². The first-order chi connectivity index (χ1) is 10.0. The van der Waals surface area contributed by atoms with Crippen LogP contribution >= 0.6 is 11.6 Å². The third-order valence-electron chi connectivity index (χ3n) is 3.39. The van der Waals surface area contributed by atoms with Crippen LogP contribution in [-0.4, -0.2) is 43.5 Å². The minimum absolute atomic E-state index is 0.0174. The van der Waals surface area contributed by atoms with Crippen molar-refractivity contribution in [2.75, 3.05) is 37.8 Å². The van der Waals surface area contributed by atoms with Gasteiger partial charge in [-0.15, -0.1) is 0 Å². The van der Waals surface area contributed by atoms with E-state index in [1.54, 1.807) is 4.90 Å². The highest BCUT2D eigenvalue weighted by Gasteiger charge is 2.20. The summed E-state index contributed by atoms with van der Waals surface area (Å²) in [7, 11) is 1.28. The summed E-state index contributed by atoms with van der Waals surface area (Å²) in [6, 6.07) is 3.00. The number of methoxy groups -OCH3 is 1. The van der Waals surface area contributed by atoms with Gasteiger partial charge < -0.3 is 20.7 Å². The largest absolute Gasteiger partial charge is 0.465 e. The van der Waals surface area contributed by atoms with Gasteiger partial charge in [0.1, 0.15) is 0 Å². The molecule has 0 atom stereocenters. The molecule has 0 unspecified atom stereocenters. The number of nitrogens with zero attached hydrogens (tertiary/aromatic N) is 1. The van der Waals surface area contributed by atoms with Gasteiger partial charge in [0, 0.05) is 18.8 Å². The zero-order chi connectivity index (χ0) is 15.4. The first kappa shape index (κ1) is 15.4. The molecule has 0 radical (unpaired) electrons. The molecule has 0 spiro atoms. The maximum Gasteiger partial charge on any atom is 0.340 e. The van der Waals surface area contributed by atoms with Crippen molar-refractivity contribution >= 4 is 34.9 Å². The Balaban J connectivity index is 2.14. The maximum absolute atomic E-state index is 12.0. The van der Waals surface area contributed by atoms with E-state index >= 15 is 0 Å². The van der Waals surface area contributed by atoms with E-state index in [4.69, 9.17) is 22.1 Å². The molecule has 0 saturated carbocycles. The van der Waals surface area contributed by atoms with E-state index in [1.165, 1.54) is 19.2 Å². The third kappa shape index (κ3) is 3.58. The second-order valence-corrected chi connectivity index (χ2v) is 5.27. The molecule has 0 bridgehead atoms. The number of ether oxygens (including phenoxy) is 1. The number of nitrogens with one attached hydrogen (secondary N) is 1. The summed E-state index contributed by atoms with van der Waals surface area (Å²) in [5, 5.41) is 3.20. The molecule has 21 heavy (non-hydrogen) atoms. The van der Waals surface area contributed by atoms with E-state index in [1.807, 2.05) is 0 Å². The lowest BCUT2D eigenvalue weighted by Gasteiger charge is -2.18. The lowest BCUT2D eigenvalue weighted by molar-refractivity contribution is -0.128. The van der Waals surface area contributed by atoms with Crippen molar-refractivity contribution in [2.45, 2.75) is 12.8 Å². The topological polar surface area (TPSA) is 84.7 Å². The van der Waals surface area contributed by atoms with Gasteiger partial charge in [0.25, 0.3) is 0 Å². The Morgan fingerprint density at radius 2 is 2.05 bits per heavy atom. The van der Waals surface area contributed by atoms with Gasteiger partial charge in [-0.25, -0.2) is 4.79 Å². The Kier molecular flexibility index (Phi) is 4.90. The van der Waals surface area contributed by atoms with Crippen LogP contribution in [0.4, 0.5) is 11.4 Å². The number of halogens is 1. The molecule has 2 rings (SSSR count). The number of rotatable bonds is 4. The number of nitrogen functional groups attached to an aromatic ring is 1. The first-order valence-electron chi connectivity index (χ1n) is 6.72. The molecule has 6 nitrogen and oxygen atoms in total. The van der Waals surface area contributed by atoms with Crippen LogP contribution in [0, 0.1) is 0 Å². The van der Waals surface area contributed by atoms with Crippen LogP contribution in [0.3, 0.4) is 0 Å². The summed E-state index contributed by atoms with van der Waals surface area (Å²) in [6.07, 6.45) is 2.06. The average Bonchev–Trinajstić information content (AvgIpc) is 2.98. The minimum atomic E-state index is -0.555. The van der Waals surface area contributed by atoms with Crippen LogP contribution < -0.4 is 11.1 Å². The molecule has 1 aromatic rings. The molecule has 114 valence electrons. The van der Waals surface area contributed by atoms with Crippen LogP contribution in [0.2, 0.25) is 5.02 Å². The van der Waals surface area contributed by atoms with E-state index in [0.29, 0.717) is 11.4 Å². The van der Waals surface area contributed by atoms with Crippen LogP contribution in [0.15, 0.2) is 12.1 Å². The molecule has 0 aromatic heterocycles. The molecule has 1 amide bonds. The summed E-state index contributed by atoms with van der Waals surface area (Å²) in [5.41, 5.74) is 6.62. The zero-order valence-corrected chi connectivity index (χ0v) is 12.6. The van der Waals surface area contributed by atoms with Gasteiger partial charge in [-0.05, 0) is 25.0 Å². The van der Waals surface area contributed by atoms with Crippen LogP contribution in [0.1, 0.15) is 23.2 Å². The summed E-state index contributed by atoms with van der Waals surface area (Å²) in [6.45, 7) is 1.63. The molecule has 0 aliphatic carbocycles. The van der Waals surface area contributed by atoms with E-state index < -0.39 is 5.97 Å². The summed E-state index contributed by atoms with van der Waals surface area (Å²) in [4.78, 5) is 25.6. The number of anilines is 2. The number of likely N-dealkylation sites (tertiary alicyclic amines) is 1. The fraction of sp³-hybridized carbons (Fsp3) is 0.429. The minimum Gasteiger partial charge on any atom is -0.465 e. The fourth-order valence-electron chi connectivity index (χ4n) is 2.32. The highest BCUT2D eigenvalue weighted by atomic mass is 35.5. The molecule has 1 aromatic carbocycles. The Morgan fingerprint density at radius 3 is 2.67 bits per heavy atom. The average molecular weight is 312 g/mol. The van der Waals surface area contributed by atoms with Gasteiger partial charge in [-0.1, -0.05) is 11.6 Å². The highest BCUT2D eigenvalue weighted by molar-refractivity contribution is 6.34. The lowest BCUT2D eigenvalue weighted by atomic mass is 10.1. The molecule has 1 fully saturated rings. The quantitative estimate of drug-likeness (QED) is 0.653. The van der Waals surface area contributed by atoms with Gasteiger partial charge in [0.15, 0.2) is 0 Å². The monoisotopic (exact) mass is 311 g/mol. The maximum atomic E-state index is 12.0. The zero-order valence-electron chi connectivity index (χ0n) is 11.8. The highest BCUT2D eigenvalue weighted by Crippen LogP contribution is 2.29. The van der Waals surface area contributed by atoms with Gasteiger partial charge in [-0.2, -0.15) is 0 Å². The van der Waals surface area contributed by atoms with Gasteiger partial charge in [0.05, 0.1) is 29.9 Å². The predicted octanol–water partition coefficient (Wildman–Crippen LogP) is 1.74. The van der Waals surface area contributed by atoms with Gasteiger partial charge in [0.2, 0.25) is 5.91 Å². The second kappa shape index (κ2) is 6.67. The summed E-state index contributed by atoms with van der Waals surface area (Å²) >= 11 is 6.10. The number of carbonyl (C=O) groups is 2. The van der Waals surface area contributed by atoms with E-state index in [0.717, 1.165) is 25.9 Å². The predicted molar refractivity (Wildman–Crippen MR) is 81.5 cm³/mol. The van der Waals surface area contributed by atoms with Crippen LogP contribution in [-0.2, 0) is 9.53 Å². The van der Waals surface area contributed by atoms with Crippen molar-refractivity contribution in [3.05, 3.63) is 22.7 Å². The molecule has 3 N–H and O–H groups in total. The van der Waals surface area contributed by atoms with Gasteiger partial charge in [-0.3, -0.25) is 4.79 Å². The third-order valence-corrected chi connectivity index (χ3v) is 3.69. The number of nitrogens with two attached hydrogens (primary N) is 1. The molecule has 1 saturated heterocycles. The fourth-order valence-corrected chi connectivity index (χ4v) is 2.62. The smallest absolute Gasteiger partial charge is 0.340 e. The number of amides is 1. The van der Waals surface area contributed by atoms with Crippen molar-refractivity contribution in [1.29, 1.82) is 0 Å². The Labute approximate surface area is 128 Å². The van der Waals surface area contributed by atoms with Crippen molar-refractivity contribution in [1.82, 2.24) is 4.90 Å². The number of esters is 1. The summed E-state index contributed by atoms with van der Waals surface area (Å²) in [5.74, 6) is -0.573. The summed E-state index contributed by atoms with van der Waals surface area (Å²) < 4.78 is 4.71. The molecule has 1 aliphatic rings. The number of hydrogen-bond donors (Lipinski definition) is 2. The van der Waals surface area contributed by atoms with Crippen molar-refractivity contribution in [2.24, 2.45) is 0 Å².